The minimum Gasteiger partial charge on any atom is -0.488 e. The monoisotopic (exact) mass is 383 g/mol. The Morgan fingerprint density at radius 1 is 1.04 bits per heavy atom. The van der Waals surface area contributed by atoms with Crippen molar-refractivity contribution in [2.75, 3.05) is 13.1 Å². The molecule has 2 unspecified atom stereocenters. The van der Waals surface area contributed by atoms with Gasteiger partial charge in [-0.2, -0.15) is 0 Å². The third-order valence-corrected chi connectivity index (χ3v) is 7.09. The van der Waals surface area contributed by atoms with Crippen LogP contribution >= 0.6 is 23.2 Å². The van der Waals surface area contributed by atoms with E-state index < -0.39 is 9.84 Å². The smallest absolute Gasteiger partial charge is 0.206 e. The molecule has 0 bridgehead atoms. The van der Waals surface area contributed by atoms with Gasteiger partial charge >= 0.3 is 0 Å². The van der Waals surface area contributed by atoms with Crippen molar-refractivity contribution < 1.29 is 13.2 Å². The van der Waals surface area contributed by atoms with Gasteiger partial charge < -0.3 is 10.1 Å². The number of sulfone groups is 1. The first-order chi connectivity index (χ1) is 11.5. The molecule has 24 heavy (non-hydrogen) atoms. The highest BCUT2D eigenvalue weighted by Gasteiger charge is 2.37. The molecular formula is C17H15Cl2NO3S. The number of rotatable bonds is 2. The van der Waals surface area contributed by atoms with Crippen LogP contribution in [0.1, 0.15) is 17.9 Å². The number of hydrogen-bond donors (Lipinski definition) is 1. The van der Waals surface area contributed by atoms with Crippen molar-refractivity contribution in [2.24, 2.45) is 0 Å². The van der Waals surface area contributed by atoms with Crippen LogP contribution in [0.5, 0.6) is 5.75 Å². The Labute approximate surface area is 150 Å². The molecule has 2 aromatic rings. The fourth-order valence-electron chi connectivity index (χ4n) is 3.34. The van der Waals surface area contributed by atoms with E-state index in [0.717, 1.165) is 30.8 Å². The maximum absolute atomic E-state index is 12.9. The van der Waals surface area contributed by atoms with Gasteiger partial charge in [0.05, 0.1) is 19.8 Å². The van der Waals surface area contributed by atoms with Crippen molar-refractivity contribution in [3.63, 3.8) is 0 Å². The van der Waals surface area contributed by atoms with Gasteiger partial charge in [-0.3, -0.25) is 0 Å². The van der Waals surface area contributed by atoms with E-state index in [1.54, 1.807) is 18.2 Å². The Morgan fingerprint density at radius 2 is 1.79 bits per heavy atom. The van der Waals surface area contributed by atoms with Crippen LogP contribution in [-0.4, -0.2) is 27.6 Å². The fraction of sp³-hybridized carbons (Fsp3) is 0.294. The molecule has 1 N–H and O–H groups in total. The van der Waals surface area contributed by atoms with Crippen LogP contribution in [0.2, 0.25) is 10.0 Å². The van der Waals surface area contributed by atoms with Crippen LogP contribution in [0.3, 0.4) is 0 Å². The summed E-state index contributed by atoms with van der Waals surface area (Å²) in [6.45, 7) is 1.70. The molecular weight excluding hydrogens is 369 g/mol. The SMILES string of the molecule is O=S(=O)(c1ccc(Cl)c(Cl)c1)c1ccc2c(c1)C1CCNCC1O2. The molecule has 7 heteroatoms. The highest BCUT2D eigenvalue weighted by molar-refractivity contribution is 7.91. The lowest BCUT2D eigenvalue weighted by Crippen LogP contribution is -2.39. The van der Waals surface area contributed by atoms with E-state index in [-0.39, 0.29) is 26.8 Å². The Bertz CT molecular complexity index is 914. The summed E-state index contributed by atoms with van der Waals surface area (Å²) in [6, 6.07) is 9.43. The second-order valence-corrected chi connectivity index (χ2v) is 8.80. The molecule has 2 aliphatic heterocycles. The van der Waals surface area contributed by atoms with E-state index >= 15 is 0 Å². The summed E-state index contributed by atoms with van der Waals surface area (Å²) in [5.41, 5.74) is 0.975. The maximum Gasteiger partial charge on any atom is 0.206 e. The normalized spacial score (nSPS) is 22.6. The third-order valence-electron chi connectivity index (χ3n) is 4.60. The second-order valence-electron chi connectivity index (χ2n) is 6.03. The lowest BCUT2D eigenvalue weighted by molar-refractivity contribution is 0.177. The first-order valence-electron chi connectivity index (χ1n) is 7.68. The highest BCUT2D eigenvalue weighted by Crippen LogP contribution is 2.42. The minimum atomic E-state index is -3.65. The Hall–Kier alpha value is -1.27. The summed E-state index contributed by atoms with van der Waals surface area (Å²) in [4.78, 5) is 0.389. The molecule has 2 aliphatic rings. The van der Waals surface area contributed by atoms with E-state index in [1.807, 2.05) is 0 Å². The zero-order valence-electron chi connectivity index (χ0n) is 12.6. The van der Waals surface area contributed by atoms with E-state index in [4.69, 9.17) is 27.9 Å². The average Bonchev–Trinajstić information content (AvgIpc) is 2.95. The summed E-state index contributed by atoms with van der Waals surface area (Å²) in [5.74, 6) is 1.02. The van der Waals surface area contributed by atoms with Gasteiger partial charge in [0.2, 0.25) is 9.84 Å². The van der Waals surface area contributed by atoms with Gasteiger partial charge in [0.15, 0.2) is 0 Å². The molecule has 2 atom stereocenters. The number of ether oxygens (including phenoxy) is 1. The second kappa shape index (κ2) is 5.92. The molecule has 4 rings (SSSR count). The number of benzene rings is 2. The molecule has 0 aliphatic carbocycles. The van der Waals surface area contributed by atoms with E-state index in [1.165, 1.54) is 18.2 Å². The average molecular weight is 384 g/mol. The van der Waals surface area contributed by atoms with Crippen molar-refractivity contribution in [3.05, 3.63) is 52.0 Å². The van der Waals surface area contributed by atoms with Crippen LogP contribution in [0.25, 0.3) is 0 Å². The largest absolute Gasteiger partial charge is 0.488 e. The summed E-state index contributed by atoms with van der Waals surface area (Å²) >= 11 is 11.8. The van der Waals surface area contributed by atoms with Gasteiger partial charge in [-0.25, -0.2) is 8.42 Å². The Morgan fingerprint density at radius 3 is 2.58 bits per heavy atom. The highest BCUT2D eigenvalue weighted by atomic mass is 35.5. The lowest BCUT2D eigenvalue weighted by atomic mass is 9.90. The number of hydrogen-bond acceptors (Lipinski definition) is 4. The van der Waals surface area contributed by atoms with Crippen LogP contribution in [0, 0.1) is 0 Å². The number of nitrogens with one attached hydrogen (secondary N) is 1. The predicted octanol–water partition coefficient (Wildman–Crippen LogP) is 3.66. The summed E-state index contributed by atoms with van der Waals surface area (Å²) in [7, 11) is -3.65. The van der Waals surface area contributed by atoms with Crippen molar-refractivity contribution in [1.82, 2.24) is 5.32 Å². The van der Waals surface area contributed by atoms with Crippen LogP contribution in [0.15, 0.2) is 46.2 Å². The molecule has 126 valence electrons. The molecule has 2 aromatic carbocycles. The van der Waals surface area contributed by atoms with Crippen molar-refractivity contribution in [1.29, 1.82) is 0 Å². The molecule has 0 aromatic heterocycles. The molecule has 0 amide bonds. The van der Waals surface area contributed by atoms with E-state index in [0.29, 0.717) is 5.02 Å². The summed E-state index contributed by atoms with van der Waals surface area (Å²) in [6.07, 6.45) is 1.02. The fourth-order valence-corrected chi connectivity index (χ4v) is 5.03. The molecule has 0 spiro atoms. The molecule has 4 nitrogen and oxygen atoms in total. The first kappa shape index (κ1) is 16.2. The summed E-state index contributed by atoms with van der Waals surface area (Å²) in [5, 5.41) is 3.85. The van der Waals surface area contributed by atoms with Gasteiger partial charge in [0.1, 0.15) is 11.9 Å². The van der Waals surface area contributed by atoms with Crippen LogP contribution < -0.4 is 10.1 Å². The van der Waals surface area contributed by atoms with Gasteiger partial charge in [-0.05, 0) is 49.4 Å². The van der Waals surface area contributed by atoms with E-state index in [9.17, 15) is 8.42 Å². The quantitative estimate of drug-likeness (QED) is 0.859. The minimum absolute atomic E-state index is 0.0803. The van der Waals surface area contributed by atoms with Crippen molar-refractivity contribution >= 4 is 33.0 Å². The van der Waals surface area contributed by atoms with Crippen LogP contribution in [0.4, 0.5) is 0 Å². The molecule has 1 fully saturated rings. The van der Waals surface area contributed by atoms with Crippen LogP contribution in [-0.2, 0) is 9.84 Å². The van der Waals surface area contributed by atoms with E-state index in [2.05, 4.69) is 5.32 Å². The first-order valence-corrected chi connectivity index (χ1v) is 9.92. The van der Waals surface area contributed by atoms with Gasteiger partial charge in [0, 0.05) is 18.0 Å². The molecule has 2 heterocycles. The van der Waals surface area contributed by atoms with Gasteiger partial charge in [-0.1, -0.05) is 23.2 Å². The molecule has 0 radical (unpaired) electrons. The molecule has 0 saturated carbocycles. The van der Waals surface area contributed by atoms with Gasteiger partial charge in [0.25, 0.3) is 0 Å². The lowest BCUT2D eigenvalue weighted by Gasteiger charge is -2.24. The van der Waals surface area contributed by atoms with Crippen molar-refractivity contribution in [2.45, 2.75) is 28.2 Å². The number of piperidine rings is 1. The zero-order chi connectivity index (χ0) is 16.9. The standard InChI is InChI=1S/C17H15Cl2NO3S/c18-14-3-1-11(8-15(14)19)24(21,22)10-2-4-16-13(7-10)12-5-6-20-9-17(12)23-16/h1-4,7-8,12,17,20H,5-6,9H2. The third kappa shape index (κ3) is 2.60. The maximum atomic E-state index is 12.9. The summed E-state index contributed by atoms with van der Waals surface area (Å²) < 4.78 is 31.7. The zero-order valence-corrected chi connectivity index (χ0v) is 15.0. The number of fused-ring (bicyclic) bond motifs is 3. The number of halogens is 2. The van der Waals surface area contributed by atoms with Crippen molar-refractivity contribution in [3.8, 4) is 5.75 Å². The Kier molecular flexibility index (Phi) is 4.00. The topological polar surface area (TPSA) is 55.4 Å². The van der Waals surface area contributed by atoms with Gasteiger partial charge in [-0.15, -0.1) is 0 Å². The molecule has 1 saturated heterocycles. The predicted molar refractivity (Wildman–Crippen MR) is 93.0 cm³/mol. The Balaban J connectivity index is 1.76.